The van der Waals surface area contributed by atoms with Crippen LogP contribution in [0, 0.1) is 5.92 Å². The number of cyclic esters (lactones) is 1. The molecule has 1 aromatic rings. The van der Waals surface area contributed by atoms with Crippen molar-refractivity contribution < 1.29 is 14.6 Å². The number of nitrogens with zero attached hydrogens (tertiary/aromatic N) is 1. The highest BCUT2D eigenvalue weighted by Gasteiger charge is 2.35. The predicted molar refractivity (Wildman–Crippen MR) is 50.0 cm³/mol. The van der Waals surface area contributed by atoms with Gasteiger partial charge in [0.25, 0.3) is 0 Å². The van der Waals surface area contributed by atoms with Crippen LogP contribution in [-0.4, -0.2) is 33.8 Å². The minimum absolute atomic E-state index is 0. The molecule has 2 N–H and O–H groups in total. The second kappa shape index (κ2) is 4.43. The molecule has 0 aliphatic carbocycles. The molecule has 0 bridgehead atoms. The number of nitrogens with one attached hydrogen (secondary N) is 1. The Morgan fingerprint density at radius 1 is 1.71 bits per heavy atom. The summed E-state index contributed by atoms with van der Waals surface area (Å²) in [6, 6.07) is 0. The molecule has 0 spiro atoms. The van der Waals surface area contributed by atoms with Crippen molar-refractivity contribution in [1.29, 1.82) is 0 Å². The van der Waals surface area contributed by atoms with Crippen molar-refractivity contribution >= 4 is 18.4 Å². The molecule has 0 amide bonds. The Morgan fingerprint density at radius 2 is 2.50 bits per heavy atom. The number of aliphatic hydroxyl groups is 1. The summed E-state index contributed by atoms with van der Waals surface area (Å²) in [5.41, 5.74) is 0.836. The van der Waals surface area contributed by atoms with Gasteiger partial charge in [0.15, 0.2) is 0 Å². The number of rotatable bonds is 2. The maximum atomic E-state index is 11.1. The van der Waals surface area contributed by atoms with Gasteiger partial charge < -0.3 is 14.8 Å². The molecule has 0 saturated carbocycles. The quantitative estimate of drug-likeness (QED) is 0.681. The van der Waals surface area contributed by atoms with E-state index in [1.165, 1.54) is 0 Å². The Balaban J connectivity index is 0.000000980. The molecule has 1 aliphatic rings. The first-order chi connectivity index (χ1) is 6.27. The van der Waals surface area contributed by atoms with Crippen LogP contribution in [0.1, 0.15) is 5.69 Å². The normalized spacial score (nSPS) is 25.6. The van der Waals surface area contributed by atoms with E-state index >= 15 is 0 Å². The summed E-state index contributed by atoms with van der Waals surface area (Å²) >= 11 is 0. The molecule has 1 aromatic heterocycles. The number of hydrogen-bond acceptors (Lipinski definition) is 4. The first kappa shape index (κ1) is 11.0. The fraction of sp³-hybridized carbons (Fsp3) is 0.500. The van der Waals surface area contributed by atoms with Gasteiger partial charge >= 0.3 is 5.97 Å². The lowest BCUT2D eigenvalue weighted by Crippen LogP contribution is -2.22. The number of aromatic amines is 1. The van der Waals surface area contributed by atoms with Gasteiger partial charge in [0.1, 0.15) is 12.7 Å². The van der Waals surface area contributed by atoms with Gasteiger partial charge in [0.05, 0.1) is 12.2 Å². The zero-order chi connectivity index (χ0) is 9.26. The van der Waals surface area contributed by atoms with Crippen LogP contribution in [0.5, 0.6) is 0 Å². The molecular weight excluding hydrogens is 208 g/mol. The molecule has 1 saturated heterocycles. The molecule has 1 fully saturated rings. The Kier molecular flexibility index (Phi) is 3.49. The number of imidazole rings is 1. The number of hydrogen-bond donors (Lipinski definition) is 2. The molecule has 0 radical (unpaired) electrons. The van der Waals surface area contributed by atoms with E-state index in [4.69, 9.17) is 4.74 Å². The highest BCUT2D eigenvalue weighted by atomic mass is 35.5. The van der Waals surface area contributed by atoms with Gasteiger partial charge in [-0.3, -0.25) is 4.79 Å². The Morgan fingerprint density at radius 3 is 3.00 bits per heavy atom. The van der Waals surface area contributed by atoms with Crippen molar-refractivity contribution in [2.75, 3.05) is 6.61 Å². The second-order valence-electron chi connectivity index (χ2n) is 3.08. The lowest BCUT2D eigenvalue weighted by Gasteiger charge is -2.06. The molecular formula is C8H11ClN2O3. The van der Waals surface area contributed by atoms with E-state index in [-0.39, 0.29) is 25.0 Å². The minimum Gasteiger partial charge on any atom is -0.463 e. The van der Waals surface area contributed by atoms with Crippen LogP contribution in [-0.2, 0) is 16.0 Å². The first-order valence-electron chi connectivity index (χ1n) is 4.09. The number of carbonyl (C=O) groups is 1. The van der Waals surface area contributed by atoms with Crippen LogP contribution in [0.4, 0.5) is 0 Å². The molecule has 6 heteroatoms. The van der Waals surface area contributed by atoms with E-state index in [1.54, 1.807) is 12.5 Å². The van der Waals surface area contributed by atoms with Gasteiger partial charge in [-0.2, -0.15) is 0 Å². The fourth-order valence-corrected chi connectivity index (χ4v) is 1.40. The van der Waals surface area contributed by atoms with Crippen LogP contribution in [0.25, 0.3) is 0 Å². The third-order valence-corrected chi connectivity index (χ3v) is 2.16. The average molecular weight is 219 g/mol. The maximum Gasteiger partial charge on any atom is 0.312 e. The smallest absolute Gasteiger partial charge is 0.312 e. The number of H-pyrrole nitrogens is 1. The summed E-state index contributed by atoms with van der Waals surface area (Å²) in [5, 5.41) is 9.38. The van der Waals surface area contributed by atoms with Crippen molar-refractivity contribution in [3.05, 3.63) is 18.2 Å². The molecule has 5 nitrogen and oxygen atoms in total. The van der Waals surface area contributed by atoms with Crippen LogP contribution in [0.3, 0.4) is 0 Å². The predicted octanol–water partition coefficient (Wildman–Crippen LogP) is -0.0921. The number of carbonyl (C=O) groups excluding carboxylic acids is 1. The van der Waals surface area contributed by atoms with Gasteiger partial charge in [-0.25, -0.2) is 4.98 Å². The molecule has 1 aliphatic heterocycles. The Hall–Kier alpha value is -1.07. The van der Waals surface area contributed by atoms with Gasteiger partial charge in [-0.05, 0) is 0 Å². The van der Waals surface area contributed by atoms with Crippen molar-refractivity contribution in [1.82, 2.24) is 9.97 Å². The van der Waals surface area contributed by atoms with E-state index in [0.717, 1.165) is 5.69 Å². The van der Waals surface area contributed by atoms with Gasteiger partial charge in [-0.15, -0.1) is 12.4 Å². The summed E-state index contributed by atoms with van der Waals surface area (Å²) in [4.78, 5) is 17.8. The van der Waals surface area contributed by atoms with Crippen LogP contribution < -0.4 is 0 Å². The SMILES string of the molecule is Cl.O=C1OCC(O)C1Cc1cnc[nH]1. The molecule has 2 heterocycles. The summed E-state index contributed by atoms with van der Waals surface area (Å²) in [6.45, 7) is 0.109. The van der Waals surface area contributed by atoms with Gasteiger partial charge in [0, 0.05) is 18.3 Å². The van der Waals surface area contributed by atoms with Crippen LogP contribution >= 0.6 is 12.4 Å². The van der Waals surface area contributed by atoms with Crippen molar-refractivity contribution in [3.8, 4) is 0 Å². The Bertz CT molecular complexity index is 302. The average Bonchev–Trinajstić information content (AvgIpc) is 2.70. The largest absolute Gasteiger partial charge is 0.463 e. The number of aromatic nitrogens is 2. The number of ether oxygens (including phenoxy) is 1. The first-order valence-corrected chi connectivity index (χ1v) is 4.09. The van der Waals surface area contributed by atoms with Crippen LogP contribution in [0.15, 0.2) is 12.5 Å². The van der Waals surface area contributed by atoms with E-state index in [2.05, 4.69) is 9.97 Å². The van der Waals surface area contributed by atoms with E-state index in [1.807, 2.05) is 0 Å². The van der Waals surface area contributed by atoms with Crippen molar-refractivity contribution in [2.24, 2.45) is 5.92 Å². The lowest BCUT2D eigenvalue weighted by molar-refractivity contribution is -0.141. The number of aliphatic hydroxyl groups excluding tert-OH is 1. The monoisotopic (exact) mass is 218 g/mol. The molecule has 78 valence electrons. The maximum absolute atomic E-state index is 11.1. The highest BCUT2D eigenvalue weighted by Crippen LogP contribution is 2.19. The summed E-state index contributed by atoms with van der Waals surface area (Å²) in [6.07, 6.45) is 2.95. The summed E-state index contributed by atoms with van der Waals surface area (Å²) in [7, 11) is 0. The Labute approximate surface area is 86.9 Å². The van der Waals surface area contributed by atoms with Gasteiger partial charge in [-0.1, -0.05) is 0 Å². The van der Waals surface area contributed by atoms with Crippen LogP contribution in [0.2, 0.25) is 0 Å². The fourth-order valence-electron chi connectivity index (χ4n) is 1.40. The zero-order valence-corrected chi connectivity index (χ0v) is 8.16. The van der Waals surface area contributed by atoms with Crippen molar-refractivity contribution in [3.63, 3.8) is 0 Å². The third kappa shape index (κ3) is 2.05. The molecule has 2 atom stereocenters. The topological polar surface area (TPSA) is 75.2 Å². The lowest BCUT2D eigenvalue weighted by atomic mass is 10.00. The summed E-state index contributed by atoms with van der Waals surface area (Å²) < 4.78 is 4.70. The third-order valence-electron chi connectivity index (χ3n) is 2.16. The summed E-state index contributed by atoms with van der Waals surface area (Å²) in [5.74, 6) is -0.775. The number of halogens is 1. The van der Waals surface area contributed by atoms with Crippen molar-refractivity contribution in [2.45, 2.75) is 12.5 Å². The molecule has 14 heavy (non-hydrogen) atoms. The molecule has 2 rings (SSSR count). The highest BCUT2D eigenvalue weighted by molar-refractivity contribution is 5.85. The van der Waals surface area contributed by atoms with E-state index in [9.17, 15) is 9.90 Å². The van der Waals surface area contributed by atoms with E-state index < -0.39 is 12.0 Å². The van der Waals surface area contributed by atoms with E-state index in [0.29, 0.717) is 6.42 Å². The van der Waals surface area contributed by atoms with Gasteiger partial charge in [0.2, 0.25) is 0 Å². The standard InChI is InChI=1S/C8H10N2O3.ClH/c11-7-3-13-8(12)6(7)1-5-2-9-4-10-5;/h2,4,6-7,11H,1,3H2,(H,9,10);1H. The zero-order valence-electron chi connectivity index (χ0n) is 7.34. The number of esters is 1. The second-order valence-corrected chi connectivity index (χ2v) is 3.08. The minimum atomic E-state index is -0.684. The molecule has 2 unspecified atom stereocenters. The molecule has 0 aromatic carbocycles.